The minimum absolute atomic E-state index is 0.0264. The van der Waals surface area contributed by atoms with E-state index in [1.807, 2.05) is 32.0 Å². The summed E-state index contributed by atoms with van der Waals surface area (Å²) >= 11 is 0. The number of para-hydroxylation sites is 1. The Balaban J connectivity index is 1.51. The largest absolute Gasteiger partial charge is 0.490 e. The van der Waals surface area contributed by atoms with Gasteiger partial charge >= 0.3 is 0 Å². The smallest absolute Gasteiger partial charge is 0.251 e. The standard InChI is InChI=1S/C23H29N3O4/c1-3-29-20-11-10-18(16-21(20)30-4-2)23(28)24-17-22(27)26-14-12-25(13-15-26)19-8-6-5-7-9-19/h5-11,16H,3-4,12-15,17H2,1-2H3,(H,24,28). The molecule has 160 valence electrons. The second kappa shape index (κ2) is 10.5. The Labute approximate surface area is 177 Å². The van der Waals surface area contributed by atoms with Gasteiger partial charge in [-0.25, -0.2) is 0 Å². The van der Waals surface area contributed by atoms with Crippen LogP contribution in [0.2, 0.25) is 0 Å². The van der Waals surface area contributed by atoms with E-state index < -0.39 is 0 Å². The molecule has 1 fully saturated rings. The van der Waals surface area contributed by atoms with Crippen LogP contribution in [-0.4, -0.2) is 62.7 Å². The van der Waals surface area contributed by atoms with Crippen molar-refractivity contribution in [2.45, 2.75) is 13.8 Å². The number of ether oxygens (including phenoxy) is 2. The zero-order valence-electron chi connectivity index (χ0n) is 17.6. The molecule has 2 aromatic carbocycles. The molecule has 0 aliphatic carbocycles. The summed E-state index contributed by atoms with van der Waals surface area (Å²) in [6, 6.07) is 15.2. The van der Waals surface area contributed by atoms with Crippen LogP contribution in [0.1, 0.15) is 24.2 Å². The van der Waals surface area contributed by atoms with Crippen molar-refractivity contribution >= 4 is 17.5 Å². The van der Waals surface area contributed by atoms with Crippen LogP contribution in [0, 0.1) is 0 Å². The van der Waals surface area contributed by atoms with Crippen molar-refractivity contribution in [2.24, 2.45) is 0 Å². The van der Waals surface area contributed by atoms with E-state index in [1.54, 1.807) is 23.1 Å². The molecule has 2 aromatic rings. The summed E-state index contributed by atoms with van der Waals surface area (Å²) in [7, 11) is 0. The molecule has 7 heteroatoms. The number of piperazine rings is 1. The number of carbonyl (C=O) groups excluding carboxylic acids is 2. The molecule has 0 aromatic heterocycles. The first-order chi connectivity index (χ1) is 14.6. The van der Waals surface area contributed by atoms with Crippen LogP contribution < -0.4 is 19.7 Å². The van der Waals surface area contributed by atoms with Gasteiger partial charge in [-0.3, -0.25) is 9.59 Å². The van der Waals surface area contributed by atoms with Crippen molar-refractivity contribution in [3.63, 3.8) is 0 Å². The van der Waals surface area contributed by atoms with Gasteiger partial charge in [0.2, 0.25) is 5.91 Å². The topological polar surface area (TPSA) is 71.1 Å². The van der Waals surface area contributed by atoms with Crippen molar-refractivity contribution in [3.05, 3.63) is 54.1 Å². The second-order valence-electron chi connectivity index (χ2n) is 6.91. The molecule has 1 saturated heterocycles. The molecule has 2 amide bonds. The minimum atomic E-state index is -0.310. The molecule has 1 heterocycles. The molecule has 0 spiro atoms. The Morgan fingerprint density at radius 3 is 2.23 bits per heavy atom. The fourth-order valence-corrected chi connectivity index (χ4v) is 3.41. The molecule has 3 rings (SSSR count). The Bertz CT molecular complexity index is 849. The third-order valence-electron chi connectivity index (χ3n) is 4.96. The van der Waals surface area contributed by atoms with Gasteiger partial charge in [-0.2, -0.15) is 0 Å². The number of nitrogens with zero attached hydrogens (tertiary/aromatic N) is 2. The van der Waals surface area contributed by atoms with Crippen LogP contribution >= 0.6 is 0 Å². The zero-order valence-corrected chi connectivity index (χ0v) is 17.6. The van der Waals surface area contributed by atoms with E-state index >= 15 is 0 Å². The molecule has 0 saturated carbocycles. The van der Waals surface area contributed by atoms with E-state index in [1.165, 1.54) is 5.69 Å². The van der Waals surface area contributed by atoms with Gasteiger partial charge in [0, 0.05) is 37.4 Å². The molecule has 1 aliphatic rings. The van der Waals surface area contributed by atoms with Crippen molar-refractivity contribution < 1.29 is 19.1 Å². The molecule has 30 heavy (non-hydrogen) atoms. The van der Waals surface area contributed by atoms with Gasteiger partial charge in [0.05, 0.1) is 19.8 Å². The van der Waals surface area contributed by atoms with Crippen molar-refractivity contribution in [2.75, 3.05) is 50.8 Å². The average Bonchev–Trinajstić information content (AvgIpc) is 2.79. The molecule has 0 bridgehead atoms. The van der Waals surface area contributed by atoms with Crippen molar-refractivity contribution in [3.8, 4) is 11.5 Å². The second-order valence-corrected chi connectivity index (χ2v) is 6.91. The number of anilines is 1. The average molecular weight is 412 g/mol. The first kappa shape index (κ1) is 21.5. The highest BCUT2D eigenvalue weighted by atomic mass is 16.5. The predicted octanol–water partition coefficient (Wildman–Crippen LogP) is 2.56. The van der Waals surface area contributed by atoms with Gasteiger partial charge in [-0.15, -0.1) is 0 Å². The molecule has 0 radical (unpaired) electrons. The van der Waals surface area contributed by atoms with E-state index in [0.717, 1.165) is 13.1 Å². The van der Waals surface area contributed by atoms with Crippen LogP contribution in [0.25, 0.3) is 0 Å². The van der Waals surface area contributed by atoms with Crippen LogP contribution in [0.3, 0.4) is 0 Å². The first-order valence-electron chi connectivity index (χ1n) is 10.4. The minimum Gasteiger partial charge on any atom is -0.490 e. The molecule has 0 unspecified atom stereocenters. The van der Waals surface area contributed by atoms with Crippen molar-refractivity contribution in [1.82, 2.24) is 10.2 Å². The van der Waals surface area contributed by atoms with Gasteiger partial charge in [0.1, 0.15) is 0 Å². The van der Waals surface area contributed by atoms with Gasteiger partial charge < -0.3 is 24.6 Å². The Morgan fingerprint density at radius 2 is 1.57 bits per heavy atom. The number of rotatable bonds is 8. The fourth-order valence-electron chi connectivity index (χ4n) is 3.41. The lowest BCUT2D eigenvalue weighted by Gasteiger charge is -2.36. The summed E-state index contributed by atoms with van der Waals surface area (Å²) in [5.74, 6) is 0.737. The maximum absolute atomic E-state index is 12.5. The third kappa shape index (κ3) is 5.43. The number of benzene rings is 2. The summed E-state index contributed by atoms with van der Waals surface area (Å²) in [4.78, 5) is 29.1. The molecule has 1 aliphatic heterocycles. The summed E-state index contributed by atoms with van der Waals surface area (Å²) in [5, 5.41) is 2.72. The highest BCUT2D eigenvalue weighted by molar-refractivity contribution is 5.97. The fraction of sp³-hybridized carbons (Fsp3) is 0.391. The molecule has 0 atom stereocenters. The first-order valence-corrected chi connectivity index (χ1v) is 10.4. The summed E-state index contributed by atoms with van der Waals surface area (Å²) in [5.41, 5.74) is 1.60. The normalized spacial score (nSPS) is 13.7. The number of amides is 2. The van der Waals surface area contributed by atoms with E-state index in [4.69, 9.17) is 9.47 Å². The van der Waals surface area contributed by atoms with E-state index in [2.05, 4.69) is 22.3 Å². The van der Waals surface area contributed by atoms with Crippen LogP contribution in [0.4, 0.5) is 5.69 Å². The van der Waals surface area contributed by atoms with Gasteiger partial charge in [0.15, 0.2) is 11.5 Å². The number of hydrogen-bond donors (Lipinski definition) is 1. The maximum Gasteiger partial charge on any atom is 0.251 e. The zero-order chi connectivity index (χ0) is 21.3. The SMILES string of the molecule is CCOc1ccc(C(=O)NCC(=O)N2CCN(c3ccccc3)CC2)cc1OCC. The summed E-state index contributed by atoms with van der Waals surface area (Å²) in [6.07, 6.45) is 0. The summed E-state index contributed by atoms with van der Waals surface area (Å²) in [6.45, 7) is 7.56. The predicted molar refractivity (Wildman–Crippen MR) is 116 cm³/mol. The lowest BCUT2D eigenvalue weighted by molar-refractivity contribution is -0.130. The highest BCUT2D eigenvalue weighted by Gasteiger charge is 2.22. The Kier molecular flexibility index (Phi) is 7.54. The Morgan fingerprint density at radius 1 is 0.900 bits per heavy atom. The van der Waals surface area contributed by atoms with E-state index in [-0.39, 0.29) is 18.4 Å². The Hall–Kier alpha value is -3.22. The molecule has 7 nitrogen and oxygen atoms in total. The molecular formula is C23H29N3O4. The monoisotopic (exact) mass is 411 g/mol. The number of nitrogens with one attached hydrogen (secondary N) is 1. The van der Waals surface area contributed by atoms with Gasteiger partial charge in [-0.05, 0) is 44.2 Å². The van der Waals surface area contributed by atoms with Crippen molar-refractivity contribution in [1.29, 1.82) is 0 Å². The molecule has 1 N–H and O–H groups in total. The van der Waals surface area contributed by atoms with E-state index in [0.29, 0.717) is 43.4 Å². The number of carbonyl (C=O) groups is 2. The summed E-state index contributed by atoms with van der Waals surface area (Å²) < 4.78 is 11.1. The van der Waals surface area contributed by atoms with Crippen LogP contribution in [-0.2, 0) is 4.79 Å². The van der Waals surface area contributed by atoms with E-state index in [9.17, 15) is 9.59 Å². The van der Waals surface area contributed by atoms with Crippen LogP contribution in [0.15, 0.2) is 48.5 Å². The molecular weight excluding hydrogens is 382 g/mol. The highest BCUT2D eigenvalue weighted by Crippen LogP contribution is 2.28. The van der Waals surface area contributed by atoms with Gasteiger partial charge in [-0.1, -0.05) is 18.2 Å². The third-order valence-corrected chi connectivity index (χ3v) is 4.96. The lowest BCUT2D eigenvalue weighted by Crippen LogP contribution is -2.51. The van der Waals surface area contributed by atoms with Gasteiger partial charge in [0.25, 0.3) is 5.91 Å². The maximum atomic E-state index is 12.5. The lowest BCUT2D eigenvalue weighted by atomic mass is 10.2. The van der Waals surface area contributed by atoms with Crippen LogP contribution in [0.5, 0.6) is 11.5 Å². The number of hydrogen-bond acceptors (Lipinski definition) is 5. The quantitative estimate of drug-likeness (QED) is 0.723.